The molecule has 2 aromatic carbocycles. The lowest BCUT2D eigenvalue weighted by Crippen LogP contribution is -2.26. The lowest BCUT2D eigenvalue weighted by atomic mass is 10.1. The summed E-state index contributed by atoms with van der Waals surface area (Å²) in [6, 6.07) is 18.7. The van der Waals surface area contributed by atoms with Crippen molar-refractivity contribution >= 4 is 0 Å². The van der Waals surface area contributed by atoms with Gasteiger partial charge in [0, 0.05) is 12.6 Å². The highest BCUT2D eigenvalue weighted by Gasteiger charge is 2.03. The zero-order valence-electron chi connectivity index (χ0n) is 12.3. The Morgan fingerprint density at radius 3 is 2.30 bits per heavy atom. The second kappa shape index (κ2) is 7.71. The first-order valence-corrected chi connectivity index (χ1v) is 7.37. The second-order valence-corrected chi connectivity index (χ2v) is 4.96. The quantitative estimate of drug-likeness (QED) is 0.782. The third-order valence-electron chi connectivity index (χ3n) is 3.46. The first-order valence-electron chi connectivity index (χ1n) is 7.37. The molecule has 0 aromatic heterocycles. The fourth-order valence-corrected chi connectivity index (χ4v) is 2.18. The number of hydrogen-bond acceptors (Lipinski definition) is 2. The summed E-state index contributed by atoms with van der Waals surface area (Å²) >= 11 is 0. The van der Waals surface area contributed by atoms with Gasteiger partial charge >= 0.3 is 0 Å². The second-order valence-electron chi connectivity index (χ2n) is 4.96. The van der Waals surface area contributed by atoms with E-state index in [1.165, 1.54) is 5.56 Å². The number of nitrogens with one attached hydrogen (secondary N) is 1. The van der Waals surface area contributed by atoms with Gasteiger partial charge in [0.15, 0.2) is 0 Å². The third kappa shape index (κ3) is 4.39. The van der Waals surface area contributed by atoms with Crippen LogP contribution in [0.3, 0.4) is 0 Å². The number of hydrogen-bond donors (Lipinski definition) is 1. The van der Waals surface area contributed by atoms with E-state index in [0.717, 1.165) is 30.9 Å². The van der Waals surface area contributed by atoms with Crippen LogP contribution in [0.15, 0.2) is 54.6 Å². The lowest BCUT2D eigenvalue weighted by molar-refractivity contribution is 0.473. The van der Waals surface area contributed by atoms with E-state index in [4.69, 9.17) is 4.74 Å². The molecule has 0 fully saturated rings. The molecular weight excluding hydrogens is 246 g/mol. The smallest absolute Gasteiger partial charge is 0.127 e. The molecule has 2 nitrogen and oxygen atoms in total. The first kappa shape index (κ1) is 14.6. The van der Waals surface area contributed by atoms with Crippen LogP contribution in [0, 0.1) is 0 Å². The van der Waals surface area contributed by atoms with Crippen molar-refractivity contribution in [2.75, 3.05) is 0 Å². The van der Waals surface area contributed by atoms with E-state index >= 15 is 0 Å². The molecular formula is C18H23NO. The van der Waals surface area contributed by atoms with Crippen LogP contribution in [0.2, 0.25) is 0 Å². The zero-order valence-corrected chi connectivity index (χ0v) is 12.3. The molecule has 0 heterocycles. The Balaban J connectivity index is 1.97. The Morgan fingerprint density at radius 2 is 1.60 bits per heavy atom. The van der Waals surface area contributed by atoms with Crippen LogP contribution in [-0.2, 0) is 6.54 Å². The summed E-state index contributed by atoms with van der Waals surface area (Å²) in [6.45, 7) is 5.32. The van der Waals surface area contributed by atoms with E-state index in [2.05, 4.69) is 31.3 Å². The van der Waals surface area contributed by atoms with Gasteiger partial charge in [0.2, 0.25) is 0 Å². The van der Waals surface area contributed by atoms with Crippen LogP contribution in [0.5, 0.6) is 11.5 Å². The zero-order chi connectivity index (χ0) is 14.2. The van der Waals surface area contributed by atoms with Gasteiger partial charge in [0.25, 0.3) is 0 Å². The fourth-order valence-electron chi connectivity index (χ4n) is 2.18. The topological polar surface area (TPSA) is 21.3 Å². The van der Waals surface area contributed by atoms with Crippen LogP contribution < -0.4 is 10.1 Å². The predicted octanol–water partition coefficient (Wildman–Crippen LogP) is 4.76. The molecule has 0 saturated heterocycles. The molecule has 0 amide bonds. The van der Waals surface area contributed by atoms with Gasteiger partial charge < -0.3 is 10.1 Å². The highest BCUT2D eigenvalue weighted by Crippen LogP contribution is 2.21. The summed E-state index contributed by atoms with van der Waals surface area (Å²) in [4.78, 5) is 0. The van der Waals surface area contributed by atoms with Gasteiger partial charge in [-0.25, -0.2) is 0 Å². The molecule has 0 aliphatic heterocycles. The minimum atomic E-state index is 0.591. The molecule has 0 bridgehead atoms. The fraction of sp³-hybridized carbons (Fsp3) is 0.333. The third-order valence-corrected chi connectivity index (χ3v) is 3.46. The Hall–Kier alpha value is -1.80. The van der Waals surface area contributed by atoms with Gasteiger partial charge in [0.1, 0.15) is 11.5 Å². The Labute approximate surface area is 121 Å². The van der Waals surface area contributed by atoms with Crippen molar-refractivity contribution in [1.29, 1.82) is 0 Å². The highest BCUT2D eigenvalue weighted by molar-refractivity contribution is 5.33. The molecule has 20 heavy (non-hydrogen) atoms. The highest BCUT2D eigenvalue weighted by atomic mass is 16.5. The van der Waals surface area contributed by atoms with Crippen LogP contribution >= 0.6 is 0 Å². The van der Waals surface area contributed by atoms with Crippen molar-refractivity contribution < 1.29 is 4.74 Å². The minimum absolute atomic E-state index is 0.591. The Morgan fingerprint density at radius 1 is 0.900 bits per heavy atom. The van der Waals surface area contributed by atoms with Crippen molar-refractivity contribution in [3.63, 3.8) is 0 Å². The molecule has 2 aromatic rings. The summed E-state index contributed by atoms with van der Waals surface area (Å²) in [5.74, 6) is 1.76. The minimum Gasteiger partial charge on any atom is -0.457 e. The van der Waals surface area contributed by atoms with Gasteiger partial charge in [-0.3, -0.25) is 0 Å². The molecule has 0 aliphatic carbocycles. The van der Waals surface area contributed by atoms with Crippen molar-refractivity contribution in [2.45, 2.75) is 39.3 Å². The normalized spacial score (nSPS) is 10.8. The summed E-state index contributed by atoms with van der Waals surface area (Å²) in [7, 11) is 0. The maximum atomic E-state index is 5.85. The van der Waals surface area contributed by atoms with E-state index in [-0.39, 0.29) is 0 Å². The summed E-state index contributed by atoms with van der Waals surface area (Å²) in [5, 5.41) is 3.57. The van der Waals surface area contributed by atoms with Gasteiger partial charge in [-0.15, -0.1) is 0 Å². The molecule has 2 heteroatoms. The van der Waals surface area contributed by atoms with E-state index in [1.54, 1.807) is 0 Å². The summed E-state index contributed by atoms with van der Waals surface area (Å²) in [6.07, 6.45) is 2.33. The first-order chi connectivity index (χ1) is 9.81. The summed E-state index contributed by atoms with van der Waals surface area (Å²) < 4.78 is 5.85. The van der Waals surface area contributed by atoms with E-state index in [9.17, 15) is 0 Å². The molecule has 1 N–H and O–H groups in total. The Kier molecular flexibility index (Phi) is 5.63. The van der Waals surface area contributed by atoms with Crippen molar-refractivity contribution in [1.82, 2.24) is 5.32 Å². The SMILES string of the molecule is CCC(CC)NCc1cccc(Oc2ccccc2)c1. The maximum absolute atomic E-state index is 5.85. The van der Waals surface area contributed by atoms with Crippen LogP contribution in [0.25, 0.3) is 0 Å². The molecule has 0 radical (unpaired) electrons. The standard InChI is InChI=1S/C18H23NO/c1-3-16(4-2)19-14-15-9-8-12-18(13-15)20-17-10-6-5-7-11-17/h5-13,16,19H,3-4,14H2,1-2H3. The predicted molar refractivity (Wildman–Crippen MR) is 84.2 cm³/mol. The van der Waals surface area contributed by atoms with Crippen LogP contribution in [-0.4, -0.2) is 6.04 Å². The van der Waals surface area contributed by atoms with Crippen molar-refractivity contribution in [3.05, 3.63) is 60.2 Å². The summed E-state index contributed by atoms with van der Waals surface area (Å²) in [5.41, 5.74) is 1.25. The molecule has 0 unspecified atom stereocenters. The number of benzene rings is 2. The molecule has 2 rings (SSSR count). The Bertz CT molecular complexity index is 506. The van der Waals surface area contributed by atoms with E-state index in [1.807, 2.05) is 42.5 Å². The molecule has 0 spiro atoms. The largest absolute Gasteiger partial charge is 0.457 e. The lowest BCUT2D eigenvalue weighted by Gasteiger charge is -2.15. The van der Waals surface area contributed by atoms with Crippen LogP contribution in [0.4, 0.5) is 0 Å². The van der Waals surface area contributed by atoms with E-state index in [0.29, 0.717) is 6.04 Å². The molecule has 0 saturated carbocycles. The average molecular weight is 269 g/mol. The van der Waals surface area contributed by atoms with Gasteiger partial charge in [-0.2, -0.15) is 0 Å². The van der Waals surface area contributed by atoms with Crippen molar-refractivity contribution in [2.24, 2.45) is 0 Å². The average Bonchev–Trinajstić information content (AvgIpc) is 2.50. The monoisotopic (exact) mass is 269 g/mol. The van der Waals surface area contributed by atoms with Crippen molar-refractivity contribution in [3.8, 4) is 11.5 Å². The number of rotatable bonds is 7. The van der Waals surface area contributed by atoms with Gasteiger partial charge in [-0.1, -0.05) is 44.2 Å². The van der Waals surface area contributed by atoms with E-state index < -0.39 is 0 Å². The van der Waals surface area contributed by atoms with Gasteiger partial charge in [0.05, 0.1) is 0 Å². The van der Waals surface area contributed by atoms with Gasteiger partial charge in [-0.05, 0) is 42.7 Å². The molecule has 0 atom stereocenters. The molecule has 0 aliphatic rings. The number of ether oxygens (including phenoxy) is 1. The van der Waals surface area contributed by atoms with Crippen LogP contribution in [0.1, 0.15) is 32.3 Å². The molecule has 106 valence electrons. The maximum Gasteiger partial charge on any atom is 0.127 e. The number of para-hydroxylation sites is 1.